The lowest BCUT2D eigenvalue weighted by atomic mass is 10.0. The van der Waals surface area contributed by atoms with Crippen LogP contribution in [0.5, 0.6) is 0 Å². The highest BCUT2D eigenvalue weighted by molar-refractivity contribution is 5.90. The fraction of sp³-hybridized carbons (Fsp3) is 0.0800. The number of urea groups is 1. The number of nitrogens with zero attached hydrogens (tertiary/aromatic N) is 2. The molecular formula is C25H19F2N3O. The van der Waals surface area contributed by atoms with Crippen molar-refractivity contribution in [2.75, 3.05) is 5.32 Å². The molecular weight excluding hydrogens is 396 g/mol. The SMILES string of the molecule is O=C(Nc1ccc(F)cc1)N1Cc2ccccc2-n2cccc2[C@@H]1c1ccc(F)cc1. The molecule has 31 heavy (non-hydrogen) atoms. The average molecular weight is 415 g/mol. The third-order valence-electron chi connectivity index (χ3n) is 5.51. The Morgan fingerprint density at radius 1 is 0.839 bits per heavy atom. The molecule has 1 aliphatic rings. The largest absolute Gasteiger partial charge is 0.322 e. The lowest BCUT2D eigenvalue weighted by Crippen LogP contribution is -2.37. The van der Waals surface area contributed by atoms with Crippen molar-refractivity contribution in [3.05, 3.63) is 120 Å². The van der Waals surface area contributed by atoms with Gasteiger partial charge < -0.3 is 14.8 Å². The van der Waals surface area contributed by atoms with E-state index in [-0.39, 0.29) is 17.7 Å². The molecule has 0 radical (unpaired) electrons. The van der Waals surface area contributed by atoms with E-state index in [0.717, 1.165) is 22.5 Å². The molecule has 0 saturated heterocycles. The minimum Gasteiger partial charge on any atom is -0.318 e. The molecule has 0 saturated carbocycles. The Morgan fingerprint density at radius 3 is 2.26 bits per heavy atom. The van der Waals surface area contributed by atoms with Crippen LogP contribution < -0.4 is 5.32 Å². The molecule has 2 heterocycles. The number of amides is 2. The smallest absolute Gasteiger partial charge is 0.318 e. The van der Waals surface area contributed by atoms with Crippen LogP contribution in [0.15, 0.2) is 91.1 Å². The van der Waals surface area contributed by atoms with Gasteiger partial charge in [0.25, 0.3) is 0 Å². The number of rotatable bonds is 2. The molecule has 1 N–H and O–H groups in total. The number of para-hydroxylation sites is 1. The molecule has 1 atom stereocenters. The van der Waals surface area contributed by atoms with Crippen LogP contribution in [0.3, 0.4) is 0 Å². The summed E-state index contributed by atoms with van der Waals surface area (Å²) < 4.78 is 29.0. The van der Waals surface area contributed by atoms with Crippen molar-refractivity contribution < 1.29 is 13.6 Å². The Balaban J connectivity index is 1.62. The van der Waals surface area contributed by atoms with Crippen LogP contribution in [0.1, 0.15) is 22.9 Å². The summed E-state index contributed by atoms with van der Waals surface area (Å²) in [6, 6.07) is 22.9. The van der Waals surface area contributed by atoms with Gasteiger partial charge in [0.15, 0.2) is 0 Å². The highest BCUT2D eigenvalue weighted by Crippen LogP contribution is 2.37. The predicted molar refractivity (Wildman–Crippen MR) is 115 cm³/mol. The number of hydrogen-bond acceptors (Lipinski definition) is 1. The Kier molecular flexibility index (Phi) is 4.75. The van der Waals surface area contributed by atoms with E-state index < -0.39 is 6.04 Å². The van der Waals surface area contributed by atoms with Crippen molar-refractivity contribution in [1.29, 1.82) is 0 Å². The molecule has 0 bridgehead atoms. The number of carbonyl (C=O) groups excluding carboxylic acids is 1. The average Bonchev–Trinajstić information content (AvgIpc) is 3.20. The van der Waals surface area contributed by atoms with Gasteiger partial charge >= 0.3 is 6.03 Å². The molecule has 2 amide bonds. The summed E-state index contributed by atoms with van der Waals surface area (Å²) in [5, 5.41) is 2.87. The van der Waals surface area contributed by atoms with Crippen LogP contribution in [0.4, 0.5) is 19.3 Å². The normalized spacial score (nSPS) is 15.0. The number of nitrogens with one attached hydrogen (secondary N) is 1. The van der Waals surface area contributed by atoms with Crippen molar-refractivity contribution in [2.45, 2.75) is 12.6 Å². The topological polar surface area (TPSA) is 37.3 Å². The van der Waals surface area contributed by atoms with E-state index in [1.165, 1.54) is 36.4 Å². The van der Waals surface area contributed by atoms with Crippen molar-refractivity contribution in [2.24, 2.45) is 0 Å². The van der Waals surface area contributed by atoms with E-state index in [2.05, 4.69) is 9.88 Å². The van der Waals surface area contributed by atoms with Gasteiger partial charge in [-0.25, -0.2) is 13.6 Å². The molecule has 6 heteroatoms. The molecule has 0 spiro atoms. The summed E-state index contributed by atoms with van der Waals surface area (Å²) in [4.78, 5) is 15.2. The summed E-state index contributed by atoms with van der Waals surface area (Å²) >= 11 is 0. The zero-order valence-corrected chi connectivity index (χ0v) is 16.5. The first kappa shape index (κ1) is 19.1. The molecule has 154 valence electrons. The Morgan fingerprint density at radius 2 is 1.52 bits per heavy atom. The zero-order valence-electron chi connectivity index (χ0n) is 16.5. The van der Waals surface area contributed by atoms with Gasteiger partial charge in [0, 0.05) is 17.6 Å². The maximum atomic E-state index is 13.6. The third-order valence-corrected chi connectivity index (χ3v) is 5.51. The van der Waals surface area contributed by atoms with E-state index in [9.17, 15) is 13.6 Å². The van der Waals surface area contributed by atoms with Crippen molar-refractivity contribution >= 4 is 11.7 Å². The first-order chi connectivity index (χ1) is 15.1. The molecule has 4 nitrogen and oxygen atoms in total. The highest BCUT2D eigenvalue weighted by Gasteiger charge is 2.33. The zero-order chi connectivity index (χ0) is 21.4. The molecule has 4 aromatic rings. The third kappa shape index (κ3) is 3.57. The van der Waals surface area contributed by atoms with Crippen molar-refractivity contribution in [3.8, 4) is 5.69 Å². The van der Waals surface area contributed by atoms with Gasteiger partial charge in [0.2, 0.25) is 0 Å². The second-order valence-corrected chi connectivity index (χ2v) is 7.45. The number of hydrogen-bond donors (Lipinski definition) is 1. The van der Waals surface area contributed by atoms with Gasteiger partial charge in [-0.2, -0.15) is 0 Å². The minimum atomic E-state index is -0.441. The van der Waals surface area contributed by atoms with Crippen LogP contribution in [0.25, 0.3) is 5.69 Å². The van der Waals surface area contributed by atoms with Crippen LogP contribution in [-0.2, 0) is 6.54 Å². The maximum absolute atomic E-state index is 13.6. The number of halogens is 2. The molecule has 0 aliphatic carbocycles. The van der Waals surface area contributed by atoms with Crippen LogP contribution in [0, 0.1) is 11.6 Å². The van der Waals surface area contributed by atoms with Gasteiger partial charge in [-0.3, -0.25) is 0 Å². The second kappa shape index (κ2) is 7.72. The van der Waals surface area contributed by atoms with E-state index >= 15 is 0 Å². The van der Waals surface area contributed by atoms with Gasteiger partial charge in [-0.1, -0.05) is 30.3 Å². The van der Waals surface area contributed by atoms with Gasteiger partial charge in [0.1, 0.15) is 11.6 Å². The quantitative estimate of drug-likeness (QED) is 0.435. The first-order valence-corrected chi connectivity index (χ1v) is 9.94. The summed E-state index contributed by atoms with van der Waals surface area (Å²) in [7, 11) is 0. The summed E-state index contributed by atoms with van der Waals surface area (Å²) in [6.07, 6.45) is 1.96. The van der Waals surface area contributed by atoms with Gasteiger partial charge in [-0.15, -0.1) is 0 Å². The molecule has 1 aromatic heterocycles. The second-order valence-electron chi connectivity index (χ2n) is 7.45. The summed E-state index contributed by atoms with van der Waals surface area (Å²) in [5.41, 5.74) is 4.16. The fourth-order valence-corrected chi connectivity index (χ4v) is 4.06. The first-order valence-electron chi connectivity index (χ1n) is 9.94. The highest BCUT2D eigenvalue weighted by atomic mass is 19.1. The number of carbonyl (C=O) groups is 1. The van der Waals surface area contributed by atoms with Crippen LogP contribution >= 0.6 is 0 Å². The number of aromatic nitrogens is 1. The van der Waals surface area contributed by atoms with E-state index in [0.29, 0.717) is 12.2 Å². The van der Waals surface area contributed by atoms with E-state index in [4.69, 9.17) is 0 Å². The molecule has 1 aliphatic heterocycles. The fourth-order valence-electron chi connectivity index (χ4n) is 4.06. The number of fused-ring (bicyclic) bond motifs is 3. The maximum Gasteiger partial charge on any atom is 0.322 e. The standard InChI is InChI=1S/C25H19F2N3O/c26-19-9-7-17(8-10-19)24-23-6-3-15-29(23)22-5-2-1-4-18(22)16-30(24)25(31)28-21-13-11-20(27)12-14-21/h1-15,24H,16H2,(H,28,31)/t24-/m0/s1. The molecule has 0 fully saturated rings. The van der Waals surface area contributed by atoms with E-state index in [1.54, 1.807) is 17.0 Å². The Hall–Kier alpha value is -3.93. The summed E-state index contributed by atoms with van der Waals surface area (Å²) in [6.45, 7) is 0.354. The van der Waals surface area contributed by atoms with Gasteiger partial charge in [0.05, 0.1) is 18.3 Å². The van der Waals surface area contributed by atoms with Gasteiger partial charge in [-0.05, 0) is 65.7 Å². The van der Waals surface area contributed by atoms with Crippen molar-refractivity contribution in [3.63, 3.8) is 0 Å². The van der Waals surface area contributed by atoms with Crippen molar-refractivity contribution in [1.82, 2.24) is 9.47 Å². The lowest BCUT2D eigenvalue weighted by molar-refractivity contribution is 0.194. The minimum absolute atomic E-state index is 0.328. The van der Waals surface area contributed by atoms with E-state index in [1.807, 2.05) is 42.6 Å². The molecule has 3 aromatic carbocycles. The predicted octanol–water partition coefficient (Wildman–Crippen LogP) is 5.89. The Bertz CT molecular complexity index is 1230. The number of anilines is 1. The monoisotopic (exact) mass is 415 g/mol. The van der Waals surface area contributed by atoms with Crippen LogP contribution in [0.2, 0.25) is 0 Å². The number of benzene rings is 3. The molecule has 5 rings (SSSR count). The molecule has 0 unspecified atom stereocenters. The summed E-state index contributed by atoms with van der Waals surface area (Å²) in [5.74, 6) is -0.706. The van der Waals surface area contributed by atoms with Crippen LogP contribution in [-0.4, -0.2) is 15.5 Å². The Labute approximate surface area is 178 Å². The lowest BCUT2D eigenvalue weighted by Gasteiger charge is -2.31.